The van der Waals surface area contributed by atoms with Crippen molar-refractivity contribution in [3.63, 3.8) is 0 Å². The number of likely N-dealkylation sites (tertiary alicyclic amines) is 1. The Morgan fingerprint density at radius 2 is 2.08 bits per heavy atom. The number of nitrogens with two attached hydrogens (primary N) is 1. The monoisotopic (exact) mass is 408 g/mol. The number of hydrogen-bond acceptors (Lipinski definition) is 5. The third-order valence-electron chi connectivity index (χ3n) is 4.59. The Morgan fingerprint density at radius 3 is 2.72 bits per heavy atom. The smallest absolute Gasteiger partial charge is 0.374 e. The van der Waals surface area contributed by atoms with Crippen LogP contribution in [0.25, 0.3) is 11.0 Å². The van der Waals surface area contributed by atoms with Crippen molar-refractivity contribution < 1.29 is 18.7 Å². The largest absolute Gasteiger partial charge is 0.460 e. The van der Waals surface area contributed by atoms with Gasteiger partial charge < -0.3 is 14.9 Å². The van der Waals surface area contributed by atoms with E-state index >= 15 is 0 Å². The quantitative estimate of drug-likeness (QED) is 0.768. The lowest BCUT2D eigenvalue weighted by molar-refractivity contribution is -0.123. The molecule has 0 bridgehead atoms. The van der Waals surface area contributed by atoms with Crippen LogP contribution in [0.2, 0.25) is 0 Å². The van der Waals surface area contributed by atoms with Crippen molar-refractivity contribution in [1.29, 1.82) is 0 Å². The van der Waals surface area contributed by atoms with Crippen LogP contribution in [-0.4, -0.2) is 36.5 Å². The van der Waals surface area contributed by atoms with Gasteiger partial charge in [-0.25, -0.2) is 4.79 Å². The topological polar surface area (TPSA) is 85.8 Å². The van der Waals surface area contributed by atoms with Crippen molar-refractivity contribution in [3.8, 4) is 0 Å². The van der Waals surface area contributed by atoms with Gasteiger partial charge in [-0.1, -0.05) is 15.9 Å². The first-order valence-electron chi connectivity index (χ1n) is 8.39. The molecule has 3 rings (SSSR count). The minimum Gasteiger partial charge on any atom is -0.460 e. The lowest BCUT2D eigenvalue weighted by Gasteiger charge is -2.30. The molecule has 1 saturated heterocycles. The van der Waals surface area contributed by atoms with E-state index in [9.17, 15) is 9.59 Å². The highest BCUT2D eigenvalue weighted by atomic mass is 79.9. The molecular weight excluding hydrogens is 388 g/mol. The molecule has 2 N–H and O–H groups in total. The second-order valence-electron chi connectivity index (χ2n) is 6.22. The Kier molecular flexibility index (Phi) is 5.44. The van der Waals surface area contributed by atoms with E-state index < -0.39 is 5.97 Å². The number of ether oxygens (including phenoxy) is 1. The number of furan rings is 1. The van der Waals surface area contributed by atoms with Gasteiger partial charge in [0.05, 0.1) is 6.61 Å². The molecule has 2 heterocycles. The van der Waals surface area contributed by atoms with E-state index in [0.717, 1.165) is 41.4 Å². The number of benzene rings is 1. The number of halogens is 1. The fourth-order valence-corrected chi connectivity index (χ4v) is 3.60. The van der Waals surface area contributed by atoms with Crippen LogP contribution in [0.5, 0.6) is 0 Å². The third kappa shape index (κ3) is 3.88. The van der Waals surface area contributed by atoms with Crippen LogP contribution in [0.3, 0.4) is 0 Å². The maximum atomic E-state index is 12.3. The number of nitrogens with zero attached hydrogens (tertiary/aromatic N) is 1. The minimum absolute atomic E-state index is 0.0592. The van der Waals surface area contributed by atoms with E-state index in [0.29, 0.717) is 18.7 Å². The van der Waals surface area contributed by atoms with Crippen LogP contribution in [0.4, 0.5) is 0 Å². The van der Waals surface area contributed by atoms with Gasteiger partial charge in [-0.3, -0.25) is 9.69 Å². The molecule has 1 aliphatic heterocycles. The summed E-state index contributed by atoms with van der Waals surface area (Å²) >= 11 is 3.47. The Morgan fingerprint density at radius 1 is 1.36 bits per heavy atom. The number of piperidine rings is 1. The maximum Gasteiger partial charge on any atom is 0.374 e. The van der Waals surface area contributed by atoms with E-state index in [-0.39, 0.29) is 17.6 Å². The lowest BCUT2D eigenvalue weighted by atomic mass is 9.96. The second-order valence-corrected chi connectivity index (χ2v) is 7.14. The van der Waals surface area contributed by atoms with E-state index in [2.05, 4.69) is 20.8 Å². The number of carbonyl (C=O) groups is 2. The van der Waals surface area contributed by atoms with Crippen LogP contribution in [-0.2, 0) is 16.1 Å². The summed E-state index contributed by atoms with van der Waals surface area (Å²) in [4.78, 5) is 25.8. The SMILES string of the molecule is CCOC(=O)c1oc2ccc(Br)cc2c1CN1CCC(C(N)=O)CC1. The first-order valence-corrected chi connectivity index (χ1v) is 9.18. The number of amides is 1. The number of primary amides is 1. The molecule has 1 aromatic heterocycles. The number of carbonyl (C=O) groups excluding carboxylic acids is 2. The van der Waals surface area contributed by atoms with Crippen molar-refractivity contribution >= 4 is 38.8 Å². The van der Waals surface area contributed by atoms with E-state index in [4.69, 9.17) is 14.9 Å². The maximum absolute atomic E-state index is 12.3. The summed E-state index contributed by atoms with van der Waals surface area (Å²) in [5.74, 6) is -0.482. The molecule has 0 saturated carbocycles. The van der Waals surface area contributed by atoms with Gasteiger partial charge in [0.1, 0.15) is 5.58 Å². The normalized spacial score (nSPS) is 16.2. The van der Waals surface area contributed by atoms with Gasteiger partial charge >= 0.3 is 5.97 Å². The van der Waals surface area contributed by atoms with E-state index in [1.807, 2.05) is 18.2 Å². The Balaban J connectivity index is 1.88. The fraction of sp³-hybridized carbons (Fsp3) is 0.444. The molecule has 0 unspecified atom stereocenters. The van der Waals surface area contributed by atoms with Crippen molar-refractivity contribution in [2.45, 2.75) is 26.3 Å². The van der Waals surface area contributed by atoms with Crippen molar-refractivity contribution in [3.05, 3.63) is 34.0 Å². The first-order chi connectivity index (χ1) is 12.0. The summed E-state index contributed by atoms with van der Waals surface area (Å²) in [5.41, 5.74) is 6.88. The van der Waals surface area contributed by atoms with Crippen LogP contribution in [0, 0.1) is 5.92 Å². The average molecular weight is 409 g/mol. The average Bonchev–Trinajstić information content (AvgIpc) is 2.93. The highest BCUT2D eigenvalue weighted by Gasteiger charge is 2.27. The molecule has 1 aliphatic rings. The molecule has 2 aromatic rings. The van der Waals surface area contributed by atoms with Crippen LogP contribution < -0.4 is 5.73 Å². The van der Waals surface area contributed by atoms with Gasteiger partial charge in [0.2, 0.25) is 11.7 Å². The van der Waals surface area contributed by atoms with Crippen LogP contribution in [0.15, 0.2) is 27.1 Å². The number of esters is 1. The van der Waals surface area contributed by atoms with Crippen molar-refractivity contribution in [2.75, 3.05) is 19.7 Å². The Bertz CT molecular complexity index is 794. The number of hydrogen-bond donors (Lipinski definition) is 1. The van der Waals surface area contributed by atoms with E-state index in [1.54, 1.807) is 6.92 Å². The van der Waals surface area contributed by atoms with E-state index in [1.165, 1.54) is 0 Å². The van der Waals surface area contributed by atoms with Gasteiger partial charge in [-0.05, 0) is 51.1 Å². The number of fused-ring (bicyclic) bond motifs is 1. The zero-order valence-electron chi connectivity index (χ0n) is 14.1. The number of rotatable bonds is 5. The van der Waals surface area contributed by atoms with Crippen molar-refractivity contribution in [2.24, 2.45) is 11.7 Å². The summed E-state index contributed by atoms with van der Waals surface area (Å²) in [6, 6.07) is 5.67. The van der Waals surface area contributed by atoms with Crippen LogP contribution in [0.1, 0.15) is 35.9 Å². The lowest BCUT2D eigenvalue weighted by Crippen LogP contribution is -2.38. The molecule has 0 spiro atoms. The van der Waals surface area contributed by atoms with Crippen LogP contribution >= 0.6 is 15.9 Å². The summed E-state index contributed by atoms with van der Waals surface area (Å²) in [5, 5.41) is 0.898. The van der Waals surface area contributed by atoms with Gasteiger partial charge in [0.15, 0.2) is 0 Å². The first kappa shape index (κ1) is 17.9. The zero-order valence-corrected chi connectivity index (χ0v) is 15.7. The molecular formula is C18H21BrN2O4. The molecule has 25 heavy (non-hydrogen) atoms. The van der Waals surface area contributed by atoms with Gasteiger partial charge in [0, 0.05) is 27.9 Å². The summed E-state index contributed by atoms with van der Waals surface area (Å²) < 4.78 is 11.8. The standard InChI is InChI=1S/C18H21BrN2O4/c1-2-24-18(23)16-14(13-9-12(19)3-4-15(13)25-16)10-21-7-5-11(6-8-21)17(20)22/h3-4,9,11H,2,5-8,10H2,1H3,(H2,20,22). The molecule has 6 nitrogen and oxygen atoms in total. The molecule has 0 aliphatic carbocycles. The highest BCUT2D eigenvalue weighted by Crippen LogP contribution is 2.31. The molecule has 1 fully saturated rings. The van der Waals surface area contributed by atoms with Gasteiger partial charge in [-0.2, -0.15) is 0 Å². The Labute approximate surface area is 154 Å². The summed E-state index contributed by atoms with van der Waals surface area (Å²) in [7, 11) is 0. The molecule has 1 amide bonds. The molecule has 1 aromatic carbocycles. The molecule has 7 heteroatoms. The summed E-state index contributed by atoms with van der Waals surface area (Å²) in [6.07, 6.45) is 1.48. The van der Waals surface area contributed by atoms with Gasteiger partial charge in [0.25, 0.3) is 0 Å². The predicted octanol–water partition coefficient (Wildman–Crippen LogP) is 3.07. The third-order valence-corrected chi connectivity index (χ3v) is 5.08. The predicted molar refractivity (Wildman–Crippen MR) is 97.1 cm³/mol. The fourth-order valence-electron chi connectivity index (χ4n) is 3.24. The molecule has 0 atom stereocenters. The second kappa shape index (κ2) is 7.58. The Hall–Kier alpha value is -1.86. The minimum atomic E-state index is -0.447. The van der Waals surface area contributed by atoms with Gasteiger partial charge in [-0.15, -0.1) is 0 Å². The summed E-state index contributed by atoms with van der Waals surface area (Å²) in [6.45, 7) is 4.16. The molecule has 134 valence electrons. The van der Waals surface area contributed by atoms with Crippen molar-refractivity contribution in [1.82, 2.24) is 4.90 Å². The molecule has 0 radical (unpaired) electrons. The highest BCUT2D eigenvalue weighted by molar-refractivity contribution is 9.10. The zero-order chi connectivity index (χ0) is 18.0.